The summed E-state index contributed by atoms with van der Waals surface area (Å²) in [5, 5.41) is 37.8. The molecule has 11 nitrogen and oxygen atoms in total. The van der Waals surface area contributed by atoms with Gasteiger partial charge in [-0.1, -0.05) is 85.4 Å². The minimum Gasteiger partial charge on any atom is -0.508 e. The molecule has 46 heavy (non-hydrogen) atoms. The highest BCUT2D eigenvalue weighted by Gasteiger charge is 2.38. The van der Waals surface area contributed by atoms with Crippen LogP contribution in [-0.4, -0.2) is 48.3 Å². The summed E-state index contributed by atoms with van der Waals surface area (Å²) < 4.78 is 14.8. The molecule has 4 atom stereocenters. The SMILES string of the molecule is C[C@H]1[C@@H](CSc2nnnn2-c2ccc(O)cc2)O[C@@H](c2cccc(NC(=O)NCc3ccccc3)c2)O[C@H]1c1ccc(CO)cc1. The van der Waals surface area contributed by atoms with Crippen molar-refractivity contribution < 1.29 is 24.5 Å². The number of ether oxygens (including phenoxy) is 2. The Morgan fingerprint density at radius 1 is 0.913 bits per heavy atom. The third kappa shape index (κ3) is 7.54. The van der Waals surface area contributed by atoms with Crippen molar-refractivity contribution in [2.75, 3.05) is 11.1 Å². The fourth-order valence-electron chi connectivity index (χ4n) is 5.21. The number of nitrogens with one attached hydrogen (secondary N) is 2. The van der Waals surface area contributed by atoms with Crippen LogP contribution in [0.2, 0.25) is 0 Å². The molecule has 1 fully saturated rings. The van der Waals surface area contributed by atoms with Crippen LogP contribution in [0.25, 0.3) is 5.69 Å². The lowest BCUT2D eigenvalue weighted by molar-refractivity contribution is -0.268. The number of aromatic nitrogens is 4. The van der Waals surface area contributed by atoms with Crippen molar-refractivity contribution in [2.24, 2.45) is 5.92 Å². The van der Waals surface area contributed by atoms with Crippen LogP contribution in [-0.2, 0) is 22.6 Å². The Hall–Kier alpha value is -4.75. The van der Waals surface area contributed by atoms with Gasteiger partial charge in [0.15, 0.2) is 6.29 Å². The summed E-state index contributed by atoms with van der Waals surface area (Å²) in [4.78, 5) is 12.7. The molecule has 236 valence electrons. The molecule has 1 saturated heterocycles. The fraction of sp³-hybridized carbons (Fsp3) is 0.235. The number of hydrogen-bond donors (Lipinski definition) is 4. The van der Waals surface area contributed by atoms with Crippen molar-refractivity contribution >= 4 is 23.5 Å². The highest BCUT2D eigenvalue weighted by molar-refractivity contribution is 7.99. The lowest BCUT2D eigenvalue weighted by Crippen LogP contribution is -2.38. The molecule has 5 aromatic rings. The second kappa shape index (κ2) is 14.6. The summed E-state index contributed by atoms with van der Waals surface area (Å²) >= 11 is 1.46. The third-order valence-corrected chi connectivity index (χ3v) is 8.76. The number of aliphatic hydroxyl groups is 1. The van der Waals surface area contributed by atoms with E-state index in [4.69, 9.17) is 9.47 Å². The van der Waals surface area contributed by atoms with E-state index < -0.39 is 6.29 Å². The number of anilines is 1. The number of amides is 2. The highest BCUT2D eigenvalue weighted by atomic mass is 32.2. The van der Waals surface area contributed by atoms with Crippen LogP contribution in [0.3, 0.4) is 0 Å². The summed E-state index contributed by atoms with van der Waals surface area (Å²) in [5.41, 5.74) is 4.88. The second-order valence-electron chi connectivity index (χ2n) is 10.9. The number of tetrazole rings is 1. The predicted molar refractivity (Wildman–Crippen MR) is 173 cm³/mol. The van der Waals surface area contributed by atoms with E-state index in [2.05, 4.69) is 33.1 Å². The molecule has 0 bridgehead atoms. The quantitative estimate of drug-likeness (QED) is 0.140. The number of aliphatic hydroxyl groups excluding tert-OH is 1. The molecule has 0 radical (unpaired) electrons. The Morgan fingerprint density at radius 2 is 1.70 bits per heavy atom. The van der Waals surface area contributed by atoms with Crippen molar-refractivity contribution in [3.8, 4) is 11.4 Å². The van der Waals surface area contributed by atoms with Gasteiger partial charge < -0.3 is 30.3 Å². The van der Waals surface area contributed by atoms with Crippen LogP contribution >= 0.6 is 11.8 Å². The average Bonchev–Trinajstić information content (AvgIpc) is 3.56. The number of rotatable bonds is 10. The zero-order valence-corrected chi connectivity index (χ0v) is 25.9. The van der Waals surface area contributed by atoms with E-state index in [1.165, 1.54) is 11.8 Å². The number of hydrogen-bond acceptors (Lipinski definition) is 9. The molecule has 1 aliphatic rings. The molecular weight excluding hydrogens is 604 g/mol. The molecule has 0 unspecified atom stereocenters. The van der Waals surface area contributed by atoms with Gasteiger partial charge in [0.1, 0.15) is 5.75 Å². The van der Waals surface area contributed by atoms with Crippen molar-refractivity contribution in [2.45, 2.75) is 43.7 Å². The number of thioether (sulfide) groups is 1. The summed E-state index contributed by atoms with van der Waals surface area (Å²) in [6, 6.07) is 31.2. The fourth-order valence-corrected chi connectivity index (χ4v) is 6.26. The number of nitrogens with zero attached hydrogens (tertiary/aromatic N) is 4. The standard InChI is InChI=1S/C34H34N6O5S/c1-22-30(21-46-34-37-38-39-40(34)28-14-16-29(42)17-15-28)44-32(45-31(22)25-12-10-24(20-41)11-13-25)26-8-5-9-27(18-26)36-33(43)35-19-23-6-3-2-4-7-23/h2-18,22,30-32,41-42H,19-21H2,1H3,(H2,35,36,43)/t22-,30+,31+,32+/m0/s1. The van der Waals surface area contributed by atoms with Gasteiger partial charge in [0.2, 0.25) is 5.16 Å². The first kappa shape index (κ1) is 31.2. The molecule has 0 spiro atoms. The smallest absolute Gasteiger partial charge is 0.319 e. The van der Waals surface area contributed by atoms with Gasteiger partial charge in [-0.15, -0.1) is 5.10 Å². The molecule has 4 aromatic carbocycles. The van der Waals surface area contributed by atoms with Crippen LogP contribution < -0.4 is 10.6 Å². The van der Waals surface area contributed by atoms with Gasteiger partial charge in [0.05, 0.1) is 24.5 Å². The summed E-state index contributed by atoms with van der Waals surface area (Å²) in [7, 11) is 0. The highest BCUT2D eigenvalue weighted by Crippen LogP contribution is 2.43. The molecular formula is C34H34N6O5S. The minimum absolute atomic E-state index is 0.0408. The molecule has 2 heterocycles. The number of phenols is 1. The Bertz CT molecular complexity index is 1740. The van der Waals surface area contributed by atoms with Crippen molar-refractivity contribution in [3.63, 3.8) is 0 Å². The molecule has 0 aliphatic carbocycles. The molecule has 1 aromatic heterocycles. The predicted octanol–water partition coefficient (Wildman–Crippen LogP) is 5.77. The monoisotopic (exact) mass is 638 g/mol. The van der Waals surface area contributed by atoms with Gasteiger partial charge in [-0.05, 0) is 63.5 Å². The molecule has 12 heteroatoms. The average molecular weight is 639 g/mol. The Balaban J connectivity index is 1.20. The summed E-state index contributed by atoms with van der Waals surface area (Å²) in [6.07, 6.45) is -1.29. The largest absolute Gasteiger partial charge is 0.508 e. The summed E-state index contributed by atoms with van der Waals surface area (Å²) in [5.74, 6) is 0.642. The zero-order chi connectivity index (χ0) is 31.9. The minimum atomic E-state index is -0.716. The van der Waals surface area contributed by atoms with Crippen molar-refractivity contribution in [3.05, 3.63) is 125 Å². The topological polar surface area (TPSA) is 144 Å². The number of carbonyl (C=O) groups is 1. The Morgan fingerprint density at radius 3 is 2.46 bits per heavy atom. The molecule has 2 amide bonds. The van der Waals surface area contributed by atoms with Gasteiger partial charge in [-0.25, -0.2) is 4.79 Å². The Kier molecular flexibility index (Phi) is 9.89. The number of urea groups is 1. The van der Waals surface area contributed by atoms with Crippen LogP contribution in [0, 0.1) is 5.92 Å². The number of benzene rings is 4. The maximum atomic E-state index is 12.7. The van der Waals surface area contributed by atoms with Crippen molar-refractivity contribution in [1.29, 1.82) is 0 Å². The van der Waals surface area contributed by atoms with Gasteiger partial charge in [-0.2, -0.15) is 4.68 Å². The van der Waals surface area contributed by atoms with Crippen LogP contribution in [0.5, 0.6) is 5.75 Å². The first-order valence-corrected chi connectivity index (χ1v) is 15.9. The lowest BCUT2D eigenvalue weighted by Gasteiger charge is -2.41. The van der Waals surface area contributed by atoms with E-state index in [1.807, 2.05) is 78.9 Å². The number of carbonyl (C=O) groups excluding carboxylic acids is 1. The maximum Gasteiger partial charge on any atom is 0.319 e. The summed E-state index contributed by atoms with van der Waals surface area (Å²) in [6.45, 7) is 2.45. The van der Waals surface area contributed by atoms with Gasteiger partial charge in [0.25, 0.3) is 0 Å². The van der Waals surface area contributed by atoms with Crippen molar-refractivity contribution in [1.82, 2.24) is 25.5 Å². The van der Waals surface area contributed by atoms with Crippen LogP contribution in [0.1, 0.15) is 41.6 Å². The van der Waals surface area contributed by atoms with E-state index in [9.17, 15) is 15.0 Å². The second-order valence-corrected chi connectivity index (χ2v) is 11.9. The third-order valence-electron chi connectivity index (χ3n) is 7.75. The van der Waals surface area contributed by atoms with Gasteiger partial charge in [-0.3, -0.25) is 0 Å². The maximum absolute atomic E-state index is 12.7. The first-order chi connectivity index (χ1) is 22.5. The van der Waals surface area contributed by atoms with E-state index in [-0.39, 0.29) is 36.5 Å². The number of aromatic hydroxyl groups is 1. The van der Waals surface area contributed by atoms with E-state index in [1.54, 1.807) is 28.9 Å². The lowest BCUT2D eigenvalue weighted by atomic mass is 9.91. The zero-order valence-electron chi connectivity index (χ0n) is 25.1. The molecule has 4 N–H and O–H groups in total. The van der Waals surface area contributed by atoms with Crippen LogP contribution in [0.15, 0.2) is 108 Å². The first-order valence-electron chi connectivity index (χ1n) is 14.9. The van der Waals surface area contributed by atoms with Gasteiger partial charge >= 0.3 is 6.03 Å². The van der Waals surface area contributed by atoms with Crippen LogP contribution in [0.4, 0.5) is 10.5 Å². The normalized spacial score (nSPS) is 19.4. The molecule has 0 saturated carbocycles. The van der Waals surface area contributed by atoms with Gasteiger partial charge in [0, 0.05) is 29.5 Å². The molecule has 1 aliphatic heterocycles. The number of phenolic OH excluding ortho intramolecular Hbond substituents is 1. The molecule has 6 rings (SSSR count). The Labute approximate surface area is 270 Å². The van der Waals surface area contributed by atoms with E-state index >= 15 is 0 Å². The van der Waals surface area contributed by atoms with E-state index in [0.29, 0.717) is 23.1 Å². The van der Waals surface area contributed by atoms with E-state index in [0.717, 1.165) is 27.9 Å².